The average Bonchev–Trinajstić information content (AvgIpc) is 2.46. The van der Waals surface area contributed by atoms with E-state index in [9.17, 15) is 9.59 Å². The molecule has 0 aromatic carbocycles. The molecule has 116 valence electrons. The summed E-state index contributed by atoms with van der Waals surface area (Å²) in [6.07, 6.45) is 9.94. The number of nitrogens with one attached hydrogen (secondary N) is 1. The van der Waals surface area contributed by atoms with Gasteiger partial charge in [-0.1, -0.05) is 45.4 Å². The number of unbranched alkanes of at least 4 members (excludes halogenated alkanes) is 6. The zero-order valence-electron chi connectivity index (χ0n) is 12.6. The molecule has 1 aromatic heterocycles. The lowest BCUT2D eigenvalue weighted by Crippen LogP contribution is -2.12. The molecule has 0 saturated heterocycles. The topological polar surface area (TPSA) is 79.3 Å². The second-order valence-electron chi connectivity index (χ2n) is 5.15. The highest BCUT2D eigenvalue weighted by Gasteiger charge is 2.07. The normalized spacial score (nSPS) is 10.3. The Hall–Kier alpha value is -1.91. The fourth-order valence-electron chi connectivity index (χ4n) is 2.08. The summed E-state index contributed by atoms with van der Waals surface area (Å²) in [5, 5.41) is 11.5. The van der Waals surface area contributed by atoms with Crippen LogP contribution in [-0.2, 0) is 4.79 Å². The molecule has 0 bridgehead atoms. The highest BCUT2D eigenvalue weighted by atomic mass is 16.4. The number of amides is 1. The molecule has 0 fully saturated rings. The molecule has 0 atom stereocenters. The first kappa shape index (κ1) is 17.1. The molecule has 0 aliphatic rings. The number of nitrogens with zero attached hydrogens (tertiary/aromatic N) is 1. The van der Waals surface area contributed by atoms with Crippen LogP contribution >= 0.6 is 0 Å². The Balaban J connectivity index is 2.21. The lowest BCUT2D eigenvalue weighted by molar-refractivity contribution is -0.116. The number of carbonyl (C=O) groups excluding carboxylic acids is 1. The molecule has 1 heterocycles. The minimum absolute atomic E-state index is 0.112. The maximum atomic E-state index is 11.7. The van der Waals surface area contributed by atoms with Crippen LogP contribution in [0.2, 0.25) is 0 Å². The van der Waals surface area contributed by atoms with Gasteiger partial charge in [0.15, 0.2) is 0 Å². The SMILES string of the molecule is CCCCCCCCCC(=O)Nc1cc(C(=O)O)ccn1. The van der Waals surface area contributed by atoms with Crippen molar-refractivity contribution in [2.45, 2.75) is 58.3 Å². The summed E-state index contributed by atoms with van der Waals surface area (Å²) >= 11 is 0. The molecular formula is C16H24N2O3. The largest absolute Gasteiger partial charge is 0.478 e. The zero-order valence-corrected chi connectivity index (χ0v) is 12.6. The summed E-state index contributed by atoms with van der Waals surface area (Å²) < 4.78 is 0. The summed E-state index contributed by atoms with van der Waals surface area (Å²) in [5.41, 5.74) is 0.122. The van der Waals surface area contributed by atoms with Crippen molar-refractivity contribution in [3.63, 3.8) is 0 Å². The van der Waals surface area contributed by atoms with Crippen molar-refractivity contribution < 1.29 is 14.7 Å². The number of aromatic nitrogens is 1. The van der Waals surface area contributed by atoms with Crippen LogP contribution in [-0.4, -0.2) is 22.0 Å². The Morgan fingerprint density at radius 1 is 1.14 bits per heavy atom. The lowest BCUT2D eigenvalue weighted by Gasteiger charge is -2.05. The lowest BCUT2D eigenvalue weighted by atomic mass is 10.1. The van der Waals surface area contributed by atoms with Crippen LogP contribution in [0.1, 0.15) is 68.6 Å². The molecule has 1 aromatic rings. The van der Waals surface area contributed by atoms with Crippen LogP contribution in [0.4, 0.5) is 5.82 Å². The van der Waals surface area contributed by atoms with Crippen molar-refractivity contribution in [3.8, 4) is 0 Å². The third kappa shape index (κ3) is 7.44. The van der Waals surface area contributed by atoms with Gasteiger partial charge < -0.3 is 10.4 Å². The van der Waals surface area contributed by atoms with E-state index in [1.807, 2.05) is 0 Å². The number of carbonyl (C=O) groups is 2. The highest BCUT2D eigenvalue weighted by Crippen LogP contribution is 2.10. The number of carboxylic acid groups (broad SMARTS) is 1. The maximum absolute atomic E-state index is 11.7. The van der Waals surface area contributed by atoms with E-state index in [0.717, 1.165) is 12.8 Å². The number of hydrogen-bond acceptors (Lipinski definition) is 3. The summed E-state index contributed by atoms with van der Waals surface area (Å²) in [5.74, 6) is -0.846. The van der Waals surface area contributed by atoms with Crippen LogP contribution in [0.25, 0.3) is 0 Å². The van der Waals surface area contributed by atoms with E-state index in [2.05, 4.69) is 17.2 Å². The number of pyridine rings is 1. The third-order valence-electron chi connectivity index (χ3n) is 3.28. The maximum Gasteiger partial charge on any atom is 0.335 e. The van der Waals surface area contributed by atoms with Gasteiger partial charge in [0.25, 0.3) is 0 Å². The van der Waals surface area contributed by atoms with E-state index in [1.54, 1.807) is 0 Å². The van der Waals surface area contributed by atoms with E-state index >= 15 is 0 Å². The van der Waals surface area contributed by atoms with Crippen molar-refractivity contribution in [3.05, 3.63) is 23.9 Å². The predicted octanol–water partition coefficient (Wildman–Crippen LogP) is 3.86. The van der Waals surface area contributed by atoms with Crippen molar-refractivity contribution in [1.82, 2.24) is 4.98 Å². The number of rotatable bonds is 10. The number of carboxylic acids is 1. The summed E-state index contributed by atoms with van der Waals surface area (Å²) in [4.78, 5) is 26.5. The Morgan fingerprint density at radius 3 is 2.48 bits per heavy atom. The smallest absolute Gasteiger partial charge is 0.335 e. The standard InChI is InChI=1S/C16H24N2O3/c1-2-3-4-5-6-7-8-9-15(19)18-14-12-13(16(20)21)10-11-17-14/h10-12H,2-9H2,1H3,(H,20,21)(H,17,18,19). The molecule has 1 amide bonds. The average molecular weight is 292 g/mol. The molecule has 0 saturated carbocycles. The Labute approximate surface area is 125 Å². The fraction of sp³-hybridized carbons (Fsp3) is 0.562. The second-order valence-corrected chi connectivity index (χ2v) is 5.15. The number of hydrogen-bond donors (Lipinski definition) is 2. The molecule has 5 nitrogen and oxygen atoms in total. The summed E-state index contributed by atoms with van der Waals surface area (Å²) in [6.45, 7) is 2.19. The molecule has 0 unspecified atom stereocenters. The minimum atomic E-state index is -1.03. The predicted molar refractivity (Wildman–Crippen MR) is 82.4 cm³/mol. The first-order valence-electron chi connectivity index (χ1n) is 7.62. The second kappa shape index (κ2) is 9.91. The van der Waals surface area contributed by atoms with Crippen molar-refractivity contribution in [1.29, 1.82) is 0 Å². The Bertz CT molecular complexity index is 461. The van der Waals surface area contributed by atoms with Crippen LogP contribution < -0.4 is 5.32 Å². The van der Waals surface area contributed by atoms with Crippen molar-refractivity contribution in [2.75, 3.05) is 5.32 Å². The van der Waals surface area contributed by atoms with Gasteiger partial charge in [-0.2, -0.15) is 0 Å². The molecule has 0 radical (unpaired) electrons. The summed E-state index contributed by atoms with van der Waals surface area (Å²) in [7, 11) is 0. The van der Waals surface area contributed by atoms with E-state index < -0.39 is 5.97 Å². The first-order valence-corrected chi connectivity index (χ1v) is 7.62. The van der Waals surface area contributed by atoms with Gasteiger partial charge in [0.1, 0.15) is 5.82 Å². The van der Waals surface area contributed by atoms with Gasteiger partial charge in [-0.05, 0) is 18.6 Å². The molecule has 1 rings (SSSR count). The molecule has 21 heavy (non-hydrogen) atoms. The highest BCUT2D eigenvalue weighted by molar-refractivity contribution is 5.92. The Kier molecular flexibility index (Phi) is 8.09. The van der Waals surface area contributed by atoms with Gasteiger partial charge in [-0.3, -0.25) is 4.79 Å². The molecule has 0 aliphatic heterocycles. The van der Waals surface area contributed by atoms with Gasteiger partial charge in [0.05, 0.1) is 5.56 Å². The number of aromatic carboxylic acids is 1. The van der Waals surface area contributed by atoms with Crippen LogP contribution in [0.15, 0.2) is 18.3 Å². The molecule has 0 spiro atoms. The molecule has 0 aliphatic carbocycles. The van der Waals surface area contributed by atoms with E-state index in [-0.39, 0.29) is 11.5 Å². The van der Waals surface area contributed by atoms with Gasteiger partial charge in [-0.25, -0.2) is 9.78 Å². The van der Waals surface area contributed by atoms with Crippen LogP contribution in [0.5, 0.6) is 0 Å². The van der Waals surface area contributed by atoms with Gasteiger partial charge in [0, 0.05) is 12.6 Å². The number of anilines is 1. The fourth-order valence-corrected chi connectivity index (χ4v) is 2.08. The molecule has 2 N–H and O–H groups in total. The molecule has 5 heteroatoms. The first-order chi connectivity index (χ1) is 10.1. The van der Waals surface area contributed by atoms with Gasteiger partial charge in [0.2, 0.25) is 5.91 Å². The zero-order chi connectivity index (χ0) is 15.5. The Morgan fingerprint density at radius 2 is 1.81 bits per heavy atom. The van der Waals surface area contributed by atoms with E-state index in [1.165, 1.54) is 50.4 Å². The quantitative estimate of drug-likeness (QED) is 0.642. The van der Waals surface area contributed by atoms with E-state index in [4.69, 9.17) is 5.11 Å². The van der Waals surface area contributed by atoms with Crippen molar-refractivity contribution >= 4 is 17.7 Å². The molecular weight excluding hydrogens is 268 g/mol. The van der Waals surface area contributed by atoms with Crippen LogP contribution in [0.3, 0.4) is 0 Å². The van der Waals surface area contributed by atoms with Crippen LogP contribution in [0, 0.1) is 0 Å². The summed E-state index contributed by atoms with van der Waals surface area (Å²) in [6, 6.07) is 2.76. The minimum Gasteiger partial charge on any atom is -0.478 e. The third-order valence-corrected chi connectivity index (χ3v) is 3.28. The monoisotopic (exact) mass is 292 g/mol. The van der Waals surface area contributed by atoms with Gasteiger partial charge >= 0.3 is 5.97 Å². The van der Waals surface area contributed by atoms with Gasteiger partial charge in [-0.15, -0.1) is 0 Å². The van der Waals surface area contributed by atoms with E-state index in [0.29, 0.717) is 12.2 Å². The van der Waals surface area contributed by atoms with Crippen molar-refractivity contribution in [2.24, 2.45) is 0 Å².